The molecule has 0 N–H and O–H groups in total. The van der Waals surface area contributed by atoms with E-state index in [1.165, 1.54) is 25.0 Å². The van der Waals surface area contributed by atoms with Gasteiger partial charge in [0.15, 0.2) is 0 Å². The summed E-state index contributed by atoms with van der Waals surface area (Å²) >= 11 is 0. The second-order valence-corrected chi connectivity index (χ2v) is 9.82. The van der Waals surface area contributed by atoms with Crippen LogP contribution in [-0.4, -0.2) is 67.8 Å². The molecule has 1 aliphatic carbocycles. The van der Waals surface area contributed by atoms with E-state index in [0.29, 0.717) is 17.9 Å². The number of imidazole rings is 1. The lowest BCUT2D eigenvalue weighted by molar-refractivity contribution is -0.274. The fourth-order valence-corrected chi connectivity index (χ4v) is 4.84. The van der Waals surface area contributed by atoms with Crippen molar-refractivity contribution in [3.8, 4) is 22.8 Å². The molecule has 1 aromatic carbocycles. The van der Waals surface area contributed by atoms with Gasteiger partial charge in [-0.3, -0.25) is 9.58 Å². The monoisotopic (exact) mass is 523 g/mol. The fraction of sp³-hybridized carbons (Fsp3) is 0.370. The average molecular weight is 524 g/mol. The third kappa shape index (κ3) is 5.52. The molecule has 0 radical (unpaired) electrons. The van der Waals surface area contributed by atoms with Gasteiger partial charge in [-0.25, -0.2) is 9.97 Å². The van der Waals surface area contributed by atoms with E-state index in [2.05, 4.69) is 31.7 Å². The number of nitrogens with zero attached hydrogens (tertiary/aromatic N) is 7. The first-order valence-electron chi connectivity index (χ1n) is 12.7. The molecule has 2 fully saturated rings. The molecule has 0 bridgehead atoms. The summed E-state index contributed by atoms with van der Waals surface area (Å²) in [6.07, 6.45) is 3.30. The first-order valence-corrected chi connectivity index (χ1v) is 12.7. The molecule has 6 rings (SSSR count). The smallest absolute Gasteiger partial charge is 0.406 e. The highest BCUT2D eigenvalue weighted by atomic mass is 19.4. The van der Waals surface area contributed by atoms with Gasteiger partial charge in [0.05, 0.1) is 12.9 Å². The molecule has 4 heterocycles. The topological polar surface area (TPSA) is 64.2 Å². The summed E-state index contributed by atoms with van der Waals surface area (Å²) < 4.78 is 44.8. The van der Waals surface area contributed by atoms with Crippen LogP contribution in [0.15, 0.2) is 61.2 Å². The van der Waals surface area contributed by atoms with Gasteiger partial charge in [0, 0.05) is 56.0 Å². The van der Waals surface area contributed by atoms with E-state index < -0.39 is 6.36 Å². The number of aryl methyl sites for hydroxylation is 1. The number of halogens is 3. The molecule has 11 heteroatoms. The van der Waals surface area contributed by atoms with Crippen LogP contribution in [-0.2, 0) is 6.54 Å². The van der Waals surface area contributed by atoms with E-state index in [1.54, 1.807) is 29.2 Å². The lowest BCUT2D eigenvalue weighted by Crippen LogP contribution is -2.47. The van der Waals surface area contributed by atoms with Crippen LogP contribution in [0, 0.1) is 6.92 Å². The Bertz CT molecular complexity index is 1380. The Morgan fingerprint density at radius 2 is 1.71 bits per heavy atom. The predicted molar refractivity (Wildman–Crippen MR) is 136 cm³/mol. The molecule has 8 nitrogen and oxygen atoms in total. The number of anilines is 1. The van der Waals surface area contributed by atoms with Gasteiger partial charge in [-0.05, 0) is 61.7 Å². The van der Waals surface area contributed by atoms with Crippen LogP contribution in [0.5, 0.6) is 5.75 Å². The van der Waals surface area contributed by atoms with Gasteiger partial charge in [-0.2, -0.15) is 5.10 Å². The molecule has 1 saturated heterocycles. The normalized spacial score (nSPS) is 16.7. The molecular formula is C27H28F3N7O. The first-order chi connectivity index (χ1) is 18.3. The molecule has 2 aliphatic rings. The maximum atomic E-state index is 12.4. The Kier molecular flexibility index (Phi) is 6.30. The lowest BCUT2D eigenvalue weighted by atomic mass is 10.2. The number of alkyl halides is 3. The zero-order chi connectivity index (χ0) is 26.3. The molecule has 4 aromatic rings. The van der Waals surface area contributed by atoms with Crippen molar-refractivity contribution >= 4 is 5.82 Å². The van der Waals surface area contributed by atoms with Crippen molar-refractivity contribution in [3.05, 3.63) is 72.4 Å². The summed E-state index contributed by atoms with van der Waals surface area (Å²) in [4.78, 5) is 14.1. The van der Waals surface area contributed by atoms with Crippen molar-refractivity contribution in [2.24, 2.45) is 0 Å². The molecule has 198 valence electrons. The highest BCUT2D eigenvalue weighted by molar-refractivity contribution is 5.54. The zero-order valence-electron chi connectivity index (χ0n) is 21.0. The van der Waals surface area contributed by atoms with E-state index in [-0.39, 0.29) is 5.75 Å². The highest BCUT2D eigenvalue weighted by Crippen LogP contribution is 2.28. The summed E-state index contributed by atoms with van der Waals surface area (Å²) in [5.74, 6) is 0.750. The minimum absolute atomic E-state index is 0.269. The van der Waals surface area contributed by atoms with Crippen LogP contribution in [0.3, 0.4) is 0 Å². The van der Waals surface area contributed by atoms with Gasteiger partial charge in [0.2, 0.25) is 0 Å². The molecule has 3 aromatic heterocycles. The third-order valence-corrected chi connectivity index (χ3v) is 7.04. The maximum Gasteiger partial charge on any atom is 0.573 e. The first kappa shape index (κ1) is 24.5. The second-order valence-electron chi connectivity index (χ2n) is 9.82. The van der Waals surface area contributed by atoms with Crippen LogP contribution >= 0.6 is 0 Å². The molecule has 0 atom stereocenters. The maximum absolute atomic E-state index is 12.4. The lowest BCUT2D eigenvalue weighted by Gasteiger charge is -2.35. The summed E-state index contributed by atoms with van der Waals surface area (Å²) in [5, 5.41) is 4.73. The number of piperazine rings is 1. The zero-order valence-corrected chi connectivity index (χ0v) is 21.0. The van der Waals surface area contributed by atoms with Gasteiger partial charge < -0.3 is 14.2 Å². The van der Waals surface area contributed by atoms with Crippen LogP contribution in [0.2, 0.25) is 0 Å². The minimum Gasteiger partial charge on any atom is -0.406 e. The number of benzene rings is 1. The minimum atomic E-state index is -4.72. The van der Waals surface area contributed by atoms with Crippen LogP contribution in [0.4, 0.5) is 19.0 Å². The van der Waals surface area contributed by atoms with Crippen LogP contribution < -0.4 is 9.64 Å². The Labute approximate surface area is 218 Å². The Balaban J connectivity index is 1.10. The molecule has 0 amide bonds. The quantitative estimate of drug-likeness (QED) is 0.351. The number of ether oxygens (including phenoxy) is 1. The van der Waals surface area contributed by atoms with E-state index in [9.17, 15) is 13.2 Å². The van der Waals surface area contributed by atoms with E-state index in [4.69, 9.17) is 10.1 Å². The van der Waals surface area contributed by atoms with Crippen molar-refractivity contribution in [3.63, 3.8) is 0 Å². The Morgan fingerprint density at radius 1 is 0.947 bits per heavy atom. The third-order valence-electron chi connectivity index (χ3n) is 7.04. The summed E-state index contributed by atoms with van der Waals surface area (Å²) in [5.41, 5.74) is 4.10. The number of pyridine rings is 1. The molecule has 38 heavy (non-hydrogen) atoms. The second kappa shape index (κ2) is 9.79. The SMILES string of the molecule is Cc1cc(-c2cn(-c3ccc(OC(F)(F)F)cc3)cn2)nn1Cc1ccc(N2CCN(C3CC3)CC2)nc1. The van der Waals surface area contributed by atoms with Crippen molar-refractivity contribution in [2.75, 3.05) is 31.1 Å². The highest BCUT2D eigenvalue weighted by Gasteiger charge is 2.32. The standard InChI is InChI=1S/C27H28F3N7O/c1-19-14-24(25-17-36(18-32-25)22-5-7-23(8-6-22)38-27(28,29)30)33-37(19)16-20-2-9-26(31-15-20)35-12-10-34(11-13-35)21-3-4-21/h2,5-9,14-15,17-18,21H,3-4,10-13,16H2,1H3. The van der Waals surface area contributed by atoms with Crippen molar-refractivity contribution in [1.82, 2.24) is 29.2 Å². The molecule has 0 spiro atoms. The fourth-order valence-electron chi connectivity index (χ4n) is 4.84. The average Bonchev–Trinajstić information content (AvgIpc) is 3.52. The number of rotatable bonds is 7. The Morgan fingerprint density at radius 3 is 2.37 bits per heavy atom. The van der Waals surface area contributed by atoms with E-state index in [1.807, 2.05) is 23.9 Å². The van der Waals surface area contributed by atoms with Crippen LogP contribution in [0.25, 0.3) is 17.1 Å². The van der Waals surface area contributed by atoms with E-state index in [0.717, 1.165) is 55.0 Å². The van der Waals surface area contributed by atoms with Gasteiger partial charge in [0.25, 0.3) is 0 Å². The van der Waals surface area contributed by atoms with Crippen molar-refractivity contribution in [1.29, 1.82) is 0 Å². The van der Waals surface area contributed by atoms with Crippen molar-refractivity contribution < 1.29 is 17.9 Å². The number of hydrogen-bond donors (Lipinski definition) is 0. The van der Waals surface area contributed by atoms with Gasteiger partial charge in [-0.1, -0.05) is 6.07 Å². The van der Waals surface area contributed by atoms with Crippen molar-refractivity contribution in [2.45, 2.75) is 38.7 Å². The molecule has 1 aliphatic heterocycles. The number of aromatic nitrogens is 5. The summed E-state index contributed by atoms with van der Waals surface area (Å²) in [6.45, 7) is 6.84. The van der Waals surface area contributed by atoms with Gasteiger partial charge >= 0.3 is 6.36 Å². The van der Waals surface area contributed by atoms with E-state index >= 15 is 0 Å². The largest absolute Gasteiger partial charge is 0.573 e. The summed E-state index contributed by atoms with van der Waals surface area (Å²) in [7, 11) is 0. The molecule has 1 saturated carbocycles. The summed E-state index contributed by atoms with van der Waals surface area (Å²) in [6, 6.07) is 12.6. The molecule has 0 unspecified atom stereocenters. The van der Waals surface area contributed by atoms with Crippen LogP contribution in [0.1, 0.15) is 24.1 Å². The number of hydrogen-bond acceptors (Lipinski definition) is 6. The Hall–Kier alpha value is -3.86. The van der Waals surface area contributed by atoms with Gasteiger partial charge in [-0.15, -0.1) is 13.2 Å². The predicted octanol–water partition coefficient (Wildman–Crippen LogP) is 4.67. The van der Waals surface area contributed by atoms with Gasteiger partial charge in [0.1, 0.15) is 23.0 Å². The molecular weight excluding hydrogens is 495 g/mol.